The molecule has 0 spiro atoms. The summed E-state index contributed by atoms with van der Waals surface area (Å²) in [4.78, 5) is 13.2. The molecule has 0 aliphatic heterocycles. The van der Waals surface area contributed by atoms with E-state index in [0.717, 1.165) is 53.4 Å². The second-order valence-electron chi connectivity index (χ2n) is 8.21. The fourth-order valence-electron chi connectivity index (χ4n) is 4.77. The smallest absolute Gasteiger partial charge is 0.145 e. The minimum absolute atomic E-state index is 0.0465. The Morgan fingerprint density at radius 3 is 2.90 bits per heavy atom. The molecule has 7 nitrogen and oxygen atoms in total. The number of nitrogen functional groups attached to an aromatic ring is 1. The third-order valence-electron chi connectivity index (χ3n) is 6.32. The van der Waals surface area contributed by atoms with Crippen LogP contribution in [-0.4, -0.2) is 37.8 Å². The largest absolute Gasteiger partial charge is 0.391 e. The molecule has 0 bridgehead atoms. The quantitative estimate of drug-likeness (QED) is 0.472. The number of aliphatic hydroxyl groups excluding tert-OH is 1. The van der Waals surface area contributed by atoms with Crippen molar-refractivity contribution in [3.8, 4) is 0 Å². The van der Waals surface area contributed by atoms with Crippen LogP contribution in [0.3, 0.4) is 0 Å². The molecule has 1 aliphatic rings. The number of pyridine rings is 1. The predicted octanol–water partition coefficient (Wildman–Crippen LogP) is 3.55. The monoisotopic (exact) mass is 402 g/mol. The molecule has 0 radical (unpaired) electrons. The van der Waals surface area contributed by atoms with E-state index in [-0.39, 0.29) is 12.1 Å². The van der Waals surface area contributed by atoms with Crippen molar-refractivity contribution in [1.29, 1.82) is 0 Å². The molecule has 1 aromatic carbocycles. The molecule has 0 unspecified atom stereocenters. The van der Waals surface area contributed by atoms with Crippen LogP contribution in [0.2, 0.25) is 0 Å². The maximum Gasteiger partial charge on any atom is 0.145 e. The van der Waals surface area contributed by atoms with Gasteiger partial charge in [-0.15, -0.1) is 0 Å². The van der Waals surface area contributed by atoms with Gasteiger partial charge in [-0.3, -0.25) is 0 Å². The van der Waals surface area contributed by atoms with Gasteiger partial charge in [-0.2, -0.15) is 0 Å². The fraction of sp³-hybridized carbons (Fsp3) is 0.348. The number of benzene rings is 1. The first-order valence-electron chi connectivity index (χ1n) is 10.4. The van der Waals surface area contributed by atoms with Gasteiger partial charge < -0.3 is 20.7 Å². The number of nitrogens with zero attached hydrogens (tertiary/aromatic N) is 4. The van der Waals surface area contributed by atoms with Gasteiger partial charge in [0.25, 0.3) is 0 Å². The highest BCUT2D eigenvalue weighted by molar-refractivity contribution is 5.87. The van der Waals surface area contributed by atoms with E-state index in [0.29, 0.717) is 11.7 Å². The molecule has 1 fully saturated rings. The van der Waals surface area contributed by atoms with Crippen LogP contribution in [0.15, 0.2) is 48.9 Å². The molecule has 0 saturated heterocycles. The van der Waals surface area contributed by atoms with Gasteiger partial charge in [0.15, 0.2) is 0 Å². The van der Waals surface area contributed by atoms with Crippen LogP contribution in [0.1, 0.15) is 30.9 Å². The molecule has 3 heterocycles. The summed E-state index contributed by atoms with van der Waals surface area (Å²) in [6.45, 7) is 0. The minimum atomic E-state index is -0.364. The standard InChI is InChI=1S/C23H26N6O/c1-25-22-17-8-9-29(23(17)27-13-26-22)19-11-15(12-20(19)30)3-2-14-4-5-16-6-7-21(24)28-18(16)10-14/h4-10,13,15,19-20,30H,2-3,11-12H2,1H3,(H2,24,28)(H,25,26,27)/t15-,19+,20+/m0/s1. The van der Waals surface area contributed by atoms with Gasteiger partial charge in [-0.05, 0) is 61.4 Å². The Bertz CT molecular complexity index is 1200. The topological polar surface area (TPSA) is 102 Å². The number of hydrogen-bond acceptors (Lipinski definition) is 6. The van der Waals surface area contributed by atoms with E-state index in [2.05, 4.69) is 43.0 Å². The van der Waals surface area contributed by atoms with E-state index < -0.39 is 0 Å². The van der Waals surface area contributed by atoms with Gasteiger partial charge >= 0.3 is 0 Å². The molecule has 7 heteroatoms. The molecule has 30 heavy (non-hydrogen) atoms. The first kappa shape index (κ1) is 18.8. The van der Waals surface area contributed by atoms with Crippen LogP contribution in [0, 0.1) is 5.92 Å². The Balaban J connectivity index is 1.30. The highest BCUT2D eigenvalue weighted by Crippen LogP contribution is 2.39. The molecular formula is C23H26N6O. The number of anilines is 2. The van der Waals surface area contributed by atoms with Gasteiger partial charge in [0.1, 0.15) is 23.6 Å². The lowest BCUT2D eigenvalue weighted by atomic mass is 9.97. The van der Waals surface area contributed by atoms with Crippen LogP contribution < -0.4 is 11.1 Å². The Labute approximate surface area is 175 Å². The van der Waals surface area contributed by atoms with Gasteiger partial charge in [0.2, 0.25) is 0 Å². The van der Waals surface area contributed by atoms with Crippen molar-refractivity contribution >= 4 is 33.6 Å². The predicted molar refractivity (Wildman–Crippen MR) is 119 cm³/mol. The molecule has 4 aromatic rings. The lowest BCUT2D eigenvalue weighted by molar-refractivity contribution is 0.136. The van der Waals surface area contributed by atoms with Crippen LogP contribution in [0.5, 0.6) is 0 Å². The van der Waals surface area contributed by atoms with Gasteiger partial charge in [0.05, 0.1) is 23.0 Å². The summed E-state index contributed by atoms with van der Waals surface area (Å²) in [5, 5.41) is 16.0. The van der Waals surface area contributed by atoms with Crippen molar-refractivity contribution < 1.29 is 5.11 Å². The Hall–Kier alpha value is -3.19. The zero-order chi connectivity index (χ0) is 20.7. The minimum Gasteiger partial charge on any atom is -0.391 e. The molecule has 1 saturated carbocycles. The lowest BCUT2D eigenvalue weighted by Gasteiger charge is -2.17. The summed E-state index contributed by atoms with van der Waals surface area (Å²) >= 11 is 0. The molecular weight excluding hydrogens is 376 g/mol. The molecule has 0 amide bonds. The van der Waals surface area contributed by atoms with Crippen LogP contribution in [0.4, 0.5) is 11.6 Å². The summed E-state index contributed by atoms with van der Waals surface area (Å²) in [5.74, 6) is 1.83. The van der Waals surface area contributed by atoms with E-state index >= 15 is 0 Å². The Morgan fingerprint density at radius 1 is 1.17 bits per heavy atom. The fourth-order valence-corrected chi connectivity index (χ4v) is 4.77. The van der Waals surface area contributed by atoms with E-state index in [1.807, 2.05) is 31.4 Å². The number of aliphatic hydroxyl groups is 1. The van der Waals surface area contributed by atoms with Crippen molar-refractivity contribution in [2.24, 2.45) is 5.92 Å². The third-order valence-corrected chi connectivity index (χ3v) is 6.32. The number of aromatic nitrogens is 4. The van der Waals surface area contributed by atoms with Crippen molar-refractivity contribution in [3.63, 3.8) is 0 Å². The second-order valence-corrected chi connectivity index (χ2v) is 8.21. The average Bonchev–Trinajstić information content (AvgIpc) is 3.34. The second kappa shape index (κ2) is 7.57. The molecule has 3 aromatic heterocycles. The summed E-state index contributed by atoms with van der Waals surface area (Å²) in [5.41, 5.74) is 8.90. The van der Waals surface area contributed by atoms with Crippen LogP contribution in [-0.2, 0) is 6.42 Å². The first-order valence-corrected chi connectivity index (χ1v) is 10.4. The summed E-state index contributed by atoms with van der Waals surface area (Å²) < 4.78 is 2.12. The Morgan fingerprint density at radius 2 is 2.03 bits per heavy atom. The lowest BCUT2D eigenvalue weighted by Crippen LogP contribution is -2.17. The van der Waals surface area contributed by atoms with Crippen molar-refractivity contribution in [2.75, 3.05) is 18.1 Å². The normalized spacial score (nSPS) is 21.5. The summed E-state index contributed by atoms with van der Waals surface area (Å²) in [7, 11) is 1.86. The van der Waals surface area contributed by atoms with Crippen molar-refractivity contribution in [1.82, 2.24) is 19.5 Å². The molecule has 1 aliphatic carbocycles. The number of nitrogens with one attached hydrogen (secondary N) is 1. The summed E-state index contributed by atoms with van der Waals surface area (Å²) in [6.07, 6.45) is 7.00. The SMILES string of the molecule is CNc1ncnc2c1ccn2[C@@H]1C[C@H](CCc2ccc3ccc(N)nc3c2)C[C@H]1O. The zero-order valence-electron chi connectivity index (χ0n) is 17.0. The van der Waals surface area contributed by atoms with E-state index in [1.165, 1.54) is 5.56 Å². The van der Waals surface area contributed by atoms with Crippen LogP contribution >= 0.6 is 0 Å². The zero-order valence-corrected chi connectivity index (χ0v) is 17.0. The molecule has 5 rings (SSSR count). The number of rotatable bonds is 5. The van der Waals surface area contributed by atoms with Crippen molar-refractivity contribution in [3.05, 3.63) is 54.5 Å². The number of nitrogens with two attached hydrogens (primary N) is 1. The van der Waals surface area contributed by atoms with Crippen molar-refractivity contribution in [2.45, 2.75) is 37.8 Å². The van der Waals surface area contributed by atoms with E-state index in [9.17, 15) is 5.11 Å². The number of fused-ring (bicyclic) bond motifs is 2. The van der Waals surface area contributed by atoms with Gasteiger partial charge in [0, 0.05) is 18.6 Å². The molecule has 154 valence electrons. The third kappa shape index (κ3) is 3.35. The van der Waals surface area contributed by atoms with E-state index in [4.69, 9.17) is 5.73 Å². The maximum atomic E-state index is 10.8. The highest BCUT2D eigenvalue weighted by Gasteiger charge is 2.34. The van der Waals surface area contributed by atoms with Gasteiger partial charge in [-0.1, -0.05) is 12.1 Å². The number of aryl methyl sites for hydroxylation is 1. The maximum absolute atomic E-state index is 10.8. The first-order chi connectivity index (χ1) is 14.6. The van der Waals surface area contributed by atoms with Gasteiger partial charge in [-0.25, -0.2) is 15.0 Å². The Kier molecular flexibility index (Phi) is 4.75. The van der Waals surface area contributed by atoms with Crippen LogP contribution in [0.25, 0.3) is 21.9 Å². The average molecular weight is 403 g/mol. The molecule has 4 N–H and O–H groups in total. The highest BCUT2D eigenvalue weighted by atomic mass is 16.3. The van der Waals surface area contributed by atoms with E-state index in [1.54, 1.807) is 6.33 Å². The molecule has 3 atom stereocenters. The summed E-state index contributed by atoms with van der Waals surface area (Å²) in [6, 6.07) is 12.3. The number of hydrogen-bond donors (Lipinski definition) is 3.